The molecule has 0 aliphatic carbocycles. The highest BCUT2D eigenvalue weighted by Gasteiger charge is 2.13. The van der Waals surface area contributed by atoms with E-state index in [2.05, 4.69) is 5.32 Å². The summed E-state index contributed by atoms with van der Waals surface area (Å²) in [5.41, 5.74) is 0. The lowest BCUT2D eigenvalue weighted by molar-refractivity contribution is -0.0235. The second kappa shape index (κ2) is 26.0. The lowest BCUT2D eigenvalue weighted by Crippen LogP contribution is -2.17. The Kier molecular flexibility index (Phi) is 23.8. The molecule has 38 heavy (non-hydrogen) atoms. The Morgan fingerprint density at radius 1 is 0.500 bits per heavy atom. The summed E-state index contributed by atoms with van der Waals surface area (Å²) >= 11 is 0. The third-order valence-electron chi connectivity index (χ3n) is 4.60. The Hall–Kier alpha value is -1.23. The van der Waals surface area contributed by atoms with E-state index in [-0.39, 0.29) is 18.1 Å². The highest BCUT2D eigenvalue weighted by Crippen LogP contribution is 2.10. The first kappa shape index (κ1) is 34.8. The van der Waals surface area contributed by atoms with Crippen LogP contribution in [-0.4, -0.2) is 134 Å². The third kappa shape index (κ3) is 21.7. The summed E-state index contributed by atoms with van der Waals surface area (Å²) in [6.45, 7) is 8.40. The van der Waals surface area contributed by atoms with Crippen molar-refractivity contribution < 1.29 is 50.5 Å². The number of benzene rings is 1. The van der Waals surface area contributed by atoms with Gasteiger partial charge in [0, 0.05) is 6.54 Å². The summed E-state index contributed by atoms with van der Waals surface area (Å²) in [6, 6.07) is 7.98. The molecule has 1 aromatic carbocycles. The van der Waals surface area contributed by atoms with Gasteiger partial charge in [-0.25, -0.2) is 0 Å². The van der Waals surface area contributed by atoms with Gasteiger partial charge in [-0.1, -0.05) is 18.2 Å². The number of nitrogens with one attached hydrogen (secondary N) is 1. The lowest BCUT2D eigenvalue weighted by Gasteiger charge is -2.09. The fraction of sp³-hybridized carbons (Fsp3) is 0.760. The largest absolute Gasteiger partial charge is 0.378 e. The van der Waals surface area contributed by atoms with Crippen molar-refractivity contribution in [3.05, 3.63) is 30.3 Å². The third-order valence-corrected chi connectivity index (χ3v) is 5.92. The van der Waals surface area contributed by atoms with Crippen LogP contribution in [0.4, 0.5) is 0 Å². The van der Waals surface area contributed by atoms with E-state index in [1.54, 1.807) is 18.2 Å². The molecule has 0 aliphatic heterocycles. The molecule has 0 saturated carbocycles. The summed E-state index contributed by atoms with van der Waals surface area (Å²) in [4.78, 5) is 0.124. The fourth-order valence-electron chi connectivity index (χ4n) is 2.67. The van der Waals surface area contributed by atoms with Crippen molar-refractivity contribution in [2.24, 2.45) is 0 Å². The molecular formula is C25H45NO11S. The van der Waals surface area contributed by atoms with Crippen LogP contribution in [0.5, 0.6) is 0 Å². The van der Waals surface area contributed by atoms with Crippen LogP contribution in [0.2, 0.25) is 0 Å². The second-order valence-electron chi connectivity index (χ2n) is 7.59. The molecule has 0 heterocycles. The molecular weight excluding hydrogens is 522 g/mol. The molecule has 12 nitrogen and oxygen atoms in total. The minimum absolute atomic E-state index is 0.0525. The van der Waals surface area contributed by atoms with Crippen LogP contribution in [0.1, 0.15) is 0 Å². The molecule has 0 aromatic heterocycles. The van der Waals surface area contributed by atoms with Gasteiger partial charge in [0.1, 0.15) is 0 Å². The standard InChI is InChI=1S/C25H45NO11S/c1-26-7-8-29-9-10-30-11-12-31-13-14-32-15-16-33-17-18-34-19-20-35-21-22-36-23-24-37-38(27,28)25-5-3-2-4-6-25/h2-6,26H,7-24H2,1H3. The SMILES string of the molecule is CNCCOCCOCCOCCOCCOCCOCCOCCOCCOS(=O)(=O)c1ccccc1. The van der Waals surface area contributed by atoms with E-state index >= 15 is 0 Å². The van der Waals surface area contributed by atoms with E-state index in [4.69, 9.17) is 42.1 Å². The number of hydrogen-bond donors (Lipinski definition) is 1. The van der Waals surface area contributed by atoms with Crippen LogP contribution in [0.25, 0.3) is 0 Å². The fourth-order valence-corrected chi connectivity index (χ4v) is 3.59. The zero-order valence-corrected chi connectivity index (χ0v) is 23.3. The predicted octanol–water partition coefficient (Wildman–Crippen LogP) is 0.744. The van der Waals surface area contributed by atoms with Crippen molar-refractivity contribution in [2.75, 3.05) is 126 Å². The summed E-state index contributed by atoms with van der Waals surface area (Å²) in [7, 11) is -1.86. The molecule has 0 bridgehead atoms. The van der Waals surface area contributed by atoms with Gasteiger partial charge < -0.3 is 43.2 Å². The Bertz CT molecular complexity index is 725. The normalized spacial score (nSPS) is 11.8. The summed E-state index contributed by atoms with van der Waals surface area (Å²) in [6.07, 6.45) is 0. The van der Waals surface area contributed by atoms with Crippen LogP contribution >= 0.6 is 0 Å². The van der Waals surface area contributed by atoms with E-state index in [1.807, 2.05) is 7.05 Å². The van der Waals surface area contributed by atoms with E-state index in [1.165, 1.54) is 12.1 Å². The van der Waals surface area contributed by atoms with Gasteiger partial charge in [0.15, 0.2) is 0 Å². The van der Waals surface area contributed by atoms with Gasteiger partial charge in [0.05, 0.1) is 117 Å². The van der Waals surface area contributed by atoms with E-state index in [0.717, 1.165) is 6.54 Å². The molecule has 1 rings (SSSR count). The topological polar surface area (TPSA) is 129 Å². The van der Waals surface area contributed by atoms with Crippen molar-refractivity contribution in [3.63, 3.8) is 0 Å². The zero-order chi connectivity index (χ0) is 27.4. The maximum atomic E-state index is 11.9. The van der Waals surface area contributed by atoms with Gasteiger partial charge in [-0.15, -0.1) is 0 Å². The van der Waals surface area contributed by atoms with Gasteiger partial charge in [0.2, 0.25) is 0 Å². The molecule has 0 saturated heterocycles. The average molecular weight is 568 g/mol. The first-order chi connectivity index (χ1) is 18.7. The van der Waals surface area contributed by atoms with Gasteiger partial charge in [-0.05, 0) is 19.2 Å². The van der Waals surface area contributed by atoms with Crippen molar-refractivity contribution in [3.8, 4) is 0 Å². The minimum Gasteiger partial charge on any atom is -0.378 e. The van der Waals surface area contributed by atoms with Gasteiger partial charge >= 0.3 is 0 Å². The van der Waals surface area contributed by atoms with Crippen LogP contribution in [-0.2, 0) is 52.2 Å². The highest BCUT2D eigenvalue weighted by molar-refractivity contribution is 7.86. The minimum atomic E-state index is -3.75. The van der Waals surface area contributed by atoms with Crippen molar-refractivity contribution in [2.45, 2.75) is 4.90 Å². The Morgan fingerprint density at radius 3 is 1.16 bits per heavy atom. The number of hydrogen-bond acceptors (Lipinski definition) is 12. The van der Waals surface area contributed by atoms with Crippen LogP contribution in [0.3, 0.4) is 0 Å². The molecule has 222 valence electrons. The van der Waals surface area contributed by atoms with Crippen molar-refractivity contribution in [1.29, 1.82) is 0 Å². The zero-order valence-electron chi connectivity index (χ0n) is 22.5. The molecule has 0 fully saturated rings. The van der Waals surface area contributed by atoms with Crippen LogP contribution in [0.15, 0.2) is 35.2 Å². The maximum Gasteiger partial charge on any atom is 0.297 e. The van der Waals surface area contributed by atoms with E-state index < -0.39 is 10.1 Å². The predicted molar refractivity (Wildman–Crippen MR) is 140 cm³/mol. The summed E-state index contributed by atoms with van der Waals surface area (Å²) < 4.78 is 71.9. The molecule has 0 amide bonds. The Balaban J connectivity index is 1.70. The monoisotopic (exact) mass is 567 g/mol. The first-order valence-corrected chi connectivity index (χ1v) is 14.3. The maximum absolute atomic E-state index is 11.9. The van der Waals surface area contributed by atoms with E-state index in [0.29, 0.717) is 99.1 Å². The average Bonchev–Trinajstić information content (AvgIpc) is 2.93. The molecule has 13 heteroatoms. The van der Waals surface area contributed by atoms with Crippen molar-refractivity contribution in [1.82, 2.24) is 5.32 Å². The lowest BCUT2D eigenvalue weighted by atomic mass is 10.4. The number of likely N-dealkylation sites (N-methyl/N-ethyl adjacent to an activating group) is 1. The molecule has 0 aliphatic rings. The molecule has 0 radical (unpaired) electrons. The highest BCUT2D eigenvalue weighted by atomic mass is 32.2. The molecule has 0 unspecified atom stereocenters. The summed E-state index contributed by atoms with van der Waals surface area (Å²) in [5.74, 6) is 0. The summed E-state index contributed by atoms with van der Waals surface area (Å²) in [5, 5.41) is 3.01. The number of ether oxygens (including phenoxy) is 8. The van der Waals surface area contributed by atoms with Crippen LogP contribution in [0, 0.1) is 0 Å². The van der Waals surface area contributed by atoms with E-state index in [9.17, 15) is 8.42 Å². The Labute approximate surface area is 227 Å². The molecule has 1 aromatic rings. The quantitative estimate of drug-likeness (QED) is 0.108. The smallest absolute Gasteiger partial charge is 0.297 e. The second-order valence-corrected chi connectivity index (χ2v) is 9.21. The number of rotatable bonds is 29. The van der Waals surface area contributed by atoms with Crippen molar-refractivity contribution >= 4 is 10.1 Å². The Morgan fingerprint density at radius 2 is 0.816 bits per heavy atom. The van der Waals surface area contributed by atoms with Crippen LogP contribution < -0.4 is 5.32 Å². The van der Waals surface area contributed by atoms with Gasteiger partial charge in [0.25, 0.3) is 10.1 Å². The molecule has 0 spiro atoms. The first-order valence-electron chi connectivity index (χ1n) is 12.9. The molecule has 0 atom stereocenters. The van der Waals surface area contributed by atoms with Gasteiger partial charge in [-0.3, -0.25) is 4.18 Å². The van der Waals surface area contributed by atoms with Gasteiger partial charge in [-0.2, -0.15) is 8.42 Å². The molecule has 1 N–H and O–H groups in total.